The van der Waals surface area contributed by atoms with Gasteiger partial charge in [-0.25, -0.2) is 0 Å². The lowest BCUT2D eigenvalue weighted by Gasteiger charge is -2.13. The Labute approximate surface area is 178 Å². The van der Waals surface area contributed by atoms with Gasteiger partial charge < -0.3 is 21.3 Å². The Morgan fingerprint density at radius 3 is 2.37 bits per heavy atom. The summed E-state index contributed by atoms with van der Waals surface area (Å²) >= 11 is 0. The number of benzene rings is 2. The van der Waals surface area contributed by atoms with E-state index >= 15 is 0 Å². The highest BCUT2D eigenvalue weighted by Crippen LogP contribution is 2.11. The first-order valence-electron chi connectivity index (χ1n) is 10.1. The van der Waals surface area contributed by atoms with Gasteiger partial charge in [-0.1, -0.05) is 38.1 Å². The maximum absolute atomic E-state index is 11.8. The molecule has 0 radical (unpaired) electrons. The molecular weight excluding hydrogens is 378 g/mol. The second-order valence-electron chi connectivity index (χ2n) is 7.22. The normalized spacial score (nSPS) is 11.2. The van der Waals surface area contributed by atoms with E-state index in [1.807, 2.05) is 56.3 Å². The molecule has 0 bridgehead atoms. The van der Waals surface area contributed by atoms with Gasteiger partial charge in [-0.15, -0.1) is 0 Å². The molecule has 2 aromatic rings. The van der Waals surface area contributed by atoms with Crippen molar-refractivity contribution in [3.05, 3.63) is 65.2 Å². The predicted octanol–water partition coefficient (Wildman–Crippen LogP) is 2.55. The first kappa shape index (κ1) is 22.9. The molecule has 2 aromatic carbocycles. The van der Waals surface area contributed by atoms with Crippen LogP contribution in [0.2, 0.25) is 0 Å². The summed E-state index contributed by atoms with van der Waals surface area (Å²) in [4.78, 5) is 27.7. The van der Waals surface area contributed by atoms with Gasteiger partial charge in [0, 0.05) is 44.4 Å². The van der Waals surface area contributed by atoms with E-state index < -0.39 is 0 Å². The molecule has 4 N–H and O–H groups in total. The number of carbonyl (C=O) groups excluding carboxylic acids is 2. The highest BCUT2D eigenvalue weighted by atomic mass is 16.2. The van der Waals surface area contributed by atoms with Crippen LogP contribution in [0.3, 0.4) is 0 Å². The van der Waals surface area contributed by atoms with Gasteiger partial charge in [-0.2, -0.15) is 0 Å². The monoisotopic (exact) mass is 409 g/mol. The molecule has 0 fully saturated rings. The van der Waals surface area contributed by atoms with E-state index in [1.165, 1.54) is 0 Å². The van der Waals surface area contributed by atoms with Gasteiger partial charge in [-0.05, 0) is 41.8 Å². The van der Waals surface area contributed by atoms with Crippen LogP contribution in [0.25, 0.3) is 0 Å². The number of nitrogens with zero attached hydrogens (tertiary/aromatic N) is 1. The number of guanidine groups is 1. The molecule has 30 heavy (non-hydrogen) atoms. The lowest BCUT2D eigenvalue weighted by molar-refractivity contribution is -0.118. The molecule has 7 heteroatoms. The molecule has 0 unspecified atom stereocenters. The summed E-state index contributed by atoms with van der Waals surface area (Å²) in [6.45, 7) is 5.04. The van der Waals surface area contributed by atoms with E-state index in [0.717, 1.165) is 23.2 Å². The lowest BCUT2D eigenvalue weighted by Crippen LogP contribution is -2.37. The van der Waals surface area contributed by atoms with Gasteiger partial charge in [0.1, 0.15) is 0 Å². The quantitative estimate of drug-likeness (QED) is 0.398. The Morgan fingerprint density at radius 1 is 1.00 bits per heavy atom. The number of carbonyl (C=O) groups is 2. The topological polar surface area (TPSA) is 94.6 Å². The molecule has 0 aromatic heterocycles. The molecule has 7 nitrogen and oxygen atoms in total. The molecular formula is C23H31N5O2. The summed E-state index contributed by atoms with van der Waals surface area (Å²) in [5.74, 6) is 0.574. The van der Waals surface area contributed by atoms with Crippen LogP contribution in [0.5, 0.6) is 0 Å². The van der Waals surface area contributed by atoms with Crippen LogP contribution >= 0.6 is 0 Å². The second-order valence-corrected chi connectivity index (χ2v) is 7.22. The zero-order valence-electron chi connectivity index (χ0n) is 18.1. The Morgan fingerprint density at radius 2 is 1.73 bits per heavy atom. The van der Waals surface area contributed by atoms with Crippen LogP contribution in [0.4, 0.5) is 5.69 Å². The van der Waals surface area contributed by atoms with Crippen molar-refractivity contribution in [3.8, 4) is 0 Å². The fourth-order valence-electron chi connectivity index (χ4n) is 2.74. The Hall–Kier alpha value is -3.35. The largest absolute Gasteiger partial charge is 0.356 e. The zero-order valence-corrected chi connectivity index (χ0v) is 18.1. The fourth-order valence-corrected chi connectivity index (χ4v) is 2.74. The number of aliphatic imine (C=N–C) groups is 1. The van der Waals surface area contributed by atoms with Crippen molar-refractivity contribution >= 4 is 23.5 Å². The molecule has 0 spiro atoms. The standard InChI is InChI=1S/C23H31N5O2/c1-16(2)21(29)28-20-10-8-18(9-11-20)15-27-23(25-4)26-13-12-17-6-5-7-19(14-17)22(30)24-3/h5-11,14,16H,12-13,15H2,1-4H3,(H,24,30)(H,28,29)(H2,25,26,27). The third-order valence-corrected chi connectivity index (χ3v) is 4.55. The predicted molar refractivity (Wildman–Crippen MR) is 122 cm³/mol. The average molecular weight is 410 g/mol. The molecule has 0 aliphatic carbocycles. The number of hydrogen-bond donors (Lipinski definition) is 4. The van der Waals surface area contributed by atoms with Crippen molar-refractivity contribution in [1.82, 2.24) is 16.0 Å². The summed E-state index contributed by atoms with van der Waals surface area (Å²) in [6, 6.07) is 15.3. The molecule has 0 saturated heterocycles. The molecule has 160 valence electrons. The van der Waals surface area contributed by atoms with Crippen LogP contribution < -0.4 is 21.3 Å². The van der Waals surface area contributed by atoms with Gasteiger partial charge in [0.2, 0.25) is 5.91 Å². The maximum atomic E-state index is 11.8. The highest BCUT2D eigenvalue weighted by Gasteiger charge is 2.07. The number of anilines is 1. The van der Waals surface area contributed by atoms with Crippen molar-refractivity contribution in [3.63, 3.8) is 0 Å². The molecule has 0 atom stereocenters. The Balaban J connectivity index is 1.80. The van der Waals surface area contributed by atoms with Gasteiger partial charge in [-0.3, -0.25) is 14.6 Å². The van der Waals surface area contributed by atoms with E-state index in [-0.39, 0.29) is 17.7 Å². The zero-order chi connectivity index (χ0) is 21.9. The summed E-state index contributed by atoms with van der Waals surface area (Å²) in [5, 5.41) is 12.1. The summed E-state index contributed by atoms with van der Waals surface area (Å²) < 4.78 is 0. The Kier molecular flexibility index (Phi) is 8.87. The van der Waals surface area contributed by atoms with Crippen molar-refractivity contribution in [2.24, 2.45) is 10.9 Å². The smallest absolute Gasteiger partial charge is 0.251 e. The van der Waals surface area contributed by atoms with Gasteiger partial charge in [0.15, 0.2) is 5.96 Å². The first-order valence-corrected chi connectivity index (χ1v) is 10.1. The van der Waals surface area contributed by atoms with Crippen molar-refractivity contribution in [2.45, 2.75) is 26.8 Å². The van der Waals surface area contributed by atoms with Gasteiger partial charge >= 0.3 is 0 Å². The SMILES string of the molecule is CN=C(NCCc1cccc(C(=O)NC)c1)NCc1ccc(NC(=O)C(C)C)cc1. The number of rotatable bonds is 8. The van der Waals surface area contributed by atoms with E-state index in [9.17, 15) is 9.59 Å². The van der Waals surface area contributed by atoms with Crippen molar-refractivity contribution in [1.29, 1.82) is 0 Å². The van der Waals surface area contributed by atoms with E-state index in [2.05, 4.69) is 26.3 Å². The number of hydrogen-bond acceptors (Lipinski definition) is 3. The Bertz CT molecular complexity index is 875. The second kappa shape index (κ2) is 11.6. The average Bonchev–Trinajstić information content (AvgIpc) is 2.76. The van der Waals surface area contributed by atoms with E-state index in [0.29, 0.717) is 24.6 Å². The number of nitrogens with one attached hydrogen (secondary N) is 4. The van der Waals surface area contributed by atoms with Crippen molar-refractivity contribution < 1.29 is 9.59 Å². The van der Waals surface area contributed by atoms with E-state index in [4.69, 9.17) is 0 Å². The molecule has 0 aliphatic rings. The maximum Gasteiger partial charge on any atom is 0.251 e. The van der Waals surface area contributed by atoms with Crippen LogP contribution in [0, 0.1) is 5.92 Å². The van der Waals surface area contributed by atoms with Crippen LogP contribution in [-0.2, 0) is 17.8 Å². The molecule has 0 saturated carbocycles. The minimum absolute atomic E-state index is 0.00587. The summed E-state index contributed by atoms with van der Waals surface area (Å²) in [5.41, 5.74) is 3.61. The summed E-state index contributed by atoms with van der Waals surface area (Å²) in [7, 11) is 3.35. The number of amides is 2. The third kappa shape index (κ3) is 7.24. The van der Waals surface area contributed by atoms with Crippen LogP contribution in [0.15, 0.2) is 53.5 Å². The van der Waals surface area contributed by atoms with Crippen LogP contribution in [0.1, 0.15) is 35.3 Å². The minimum Gasteiger partial charge on any atom is -0.356 e. The van der Waals surface area contributed by atoms with Gasteiger partial charge in [0.05, 0.1) is 0 Å². The van der Waals surface area contributed by atoms with Gasteiger partial charge in [0.25, 0.3) is 5.91 Å². The molecule has 2 rings (SSSR count). The molecule has 0 heterocycles. The third-order valence-electron chi connectivity index (χ3n) is 4.55. The molecule has 0 aliphatic heterocycles. The minimum atomic E-state index is -0.0860. The molecule has 2 amide bonds. The lowest BCUT2D eigenvalue weighted by atomic mass is 10.1. The fraction of sp³-hybridized carbons (Fsp3) is 0.348. The van der Waals surface area contributed by atoms with Crippen molar-refractivity contribution in [2.75, 3.05) is 26.0 Å². The van der Waals surface area contributed by atoms with E-state index in [1.54, 1.807) is 20.2 Å². The first-order chi connectivity index (χ1) is 14.4. The summed E-state index contributed by atoms with van der Waals surface area (Å²) in [6.07, 6.45) is 0.774. The van der Waals surface area contributed by atoms with Crippen LogP contribution in [-0.4, -0.2) is 38.4 Å². The highest BCUT2D eigenvalue weighted by molar-refractivity contribution is 5.94.